The predicted octanol–water partition coefficient (Wildman–Crippen LogP) is 3.12. The molecule has 0 bridgehead atoms. The Bertz CT molecular complexity index is 408. The Hall–Kier alpha value is -1.06. The second-order valence-corrected chi connectivity index (χ2v) is 6.29. The smallest absolute Gasteiger partial charge is 0.115 e. The van der Waals surface area contributed by atoms with Crippen LogP contribution in [-0.2, 0) is 6.54 Å². The van der Waals surface area contributed by atoms with E-state index in [0.29, 0.717) is 5.75 Å². The van der Waals surface area contributed by atoms with Crippen LogP contribution in [0.3, 0.4) is 0 Å². The van der Waals surface area contributed by atoms with Crippen molar-refractivity contribution >= 4 is 0 Å². The average molecular weight is 276 g/mol. The Kier molecular flexibility index (Phi) is 5.06. The van der Waals surface area contributed by atoms with Gasteiger partial charge >= 0.3 is 0 Å². The average Bonchev–Trinajstić information content (AvgIpc) is 2.48. The SMILES string of the molecule is CCN(Cc1ccc(O)cc1)C1(CN)CCC(C)CC1. The molecule has 0 atom stereocenters. The minimum absolute atomic E-state index is 0.166. The minimum atomic E-state index is 0.166. The Labute approximate surface area is 122 Å². The highest BCUT2D eigenvalue weighted by molar-refractivity contribution is 5.26. The molecular formula is C17H28N2O. The van der Waals surface area contributed by atoms with Crippen molar-refractivity contribution in [2.24, 2.45) is 11.7 Å². The molecule has 1 aromatic rings. The Morgan fingerprint density at radius 2 is 1.85 bits per heavy atom. The van der Waals surface area contributed by atoms with Gasteiger partial charge in [-0.25, -0.2) is 0 Å². The van der Waals surface area contributed by atoms with Gasteiger partial charge in [0.05, 0.1) is 0 Å². The molecule has 0 spiro atoms. The van der Waals surface area contributed by atoms with Crippen LogP contribution in [0.25, 0.3) is 0 Å². The molecule has 1 aromatic carbocycles. The number of phenols is 1. The highest BCUT2D eigenvalue weighted by Crippen LogP contribution is 2.36. The predicted molar refractivity (Wildman–Crippen MR) is 83.6 cm³/mol. The molecule has 1 aliphatic carbocycles. The van der Waals surface area contributed by atoms with E-state index in [2.05, 4.69) is 18.7 Å². The monoisotopic (exact) mass is 276 g/mol. The first-order valence-electron chi connectivity index (χ1n) is 7.82. The van der Waals surface area contributed by atoms with Gasteiger partial charge in [0.2, 0.25) is 0 Å². The maximum Gasteiger partial charge on any atom is 0.115 e. The van der Waals surface area contributed by atoms with E-state index in [0.717, 1.165) is 25.6 Å². The molecule has 0 amide bonds. The lowest BCUT2D eigenvalue weighted by Crippen LogP contribution is -2.55. The number of rotatable bonds is 5. The van der Waals surface area contributed by atoms with E-state index in [4.69, 9.17) is 5.73 Å². The van der Waals surface area contributed by atoms with E-state index in [1.807, 2.05) is 12.1 Å². The highest BCUT2D eigenvalue weighted by Gasteiger charge is 2.37. The fourth-order valence-electron chi connectivity index (χ4n) is 3.39. The van der Waals surface area contributed by atoms with Crippen molar-refractivity contribution in [3.05, 3.63) is 29.8 Å². The van der Waals surface area contributed by atoms with Crippen molar-refractivity contribution in [1.82, 2.24) is 4.90 Å². The van der Waals surface area contributed by atoms with Crippen LogP contribution >= 0.6 is 0 Å². The lowest BCUT2D eigenvalue weighted by atomic mass is 9.76. The third-order valence-corrected chi connectivity index (χ3v) is 4.95. The quantitative estimate of drug-likeness (QED) is 0.868. The van der Waals surface area contributed by atoms with Gasteiger partial charge in [0.25, 0.3) is 0 Å². The van der Waals surface area contributed by atoms with Crippen molar-refractivity contribution in [1.29, 1.82) is 0 Å². The summed E-state index contributed by atoms with van der Waals surface area (Å²) in [7, 11) is 0. The van der Waals surface area contributed by atoms with Crippen molar-refractivity contribution in [2.75, 3.05) is 13.1 Å². The van der Waals surface area contributed by atoms with Gasteiger partial charge in [-0.3, -0.25) is 4.90 Å². The summed E-state index contributed by atoms with van der Waals surface area (Å²) in [6.07, 6.45) is 4.97. The number of benzene rings is 1. The molecule has 0 aromatic heterocycles. The normalized spacial score (nSPS) is 26.9. The first-order chi connectivity index (χ1) is 9.59. The summed E-state index contributed by atoms with van der Waals surface area (Å²) in [4.78, 5) is 2.53. The van der Waals surface area contributed by atoms with Crippen LogP contribution in [0.5, 0.6) is 5.75 Å². The van der Waals surface area contributed by atoms with Gasteiger partial charge in [0.15, 0.2) is 0 Å². The van der Waals surface area contributed by atoms with E-state index in [1.165, 1.54) is 31.2 Å². The lowest BCUT2D eigenvalue weighted by molar-refractivity contribution is 0.0423. The third-order valence-electron chi connectivity index (χ3n) is 4.95. The molecule has 0 heterocycles. The zero-order valence-electron chi connectivity index (χ0n) is 12.8. The first-order valence-corrected chi connectivity index (χ1v) is 7.82. The molecule has 0 aliphatic heterocycles. The molecule has 0 unspecified atom stereocenters. The van der Waals surface area contributed by atoms with Gasteiger partial charge in [0.1, 0.15) is 5.75 Å². The summed E-state index contributed by atoms with van der Waals surface area (Å²) in [6, 6.07) is 7.55. The van der Waals surface area contributed by atoms with Crippen LogP contribution in [0.15, 0.2) is 24.3 Å². The molecule has 112 valence electrons. The van der Waals surface area contributed by atoms with Gasteiger partial charge < -0.3 is 10.8 Å². The van der Waals surface area contributed by atoms with E-state index in [9.17, 15) is 5.11 Å². The van der Waals surface area contributed by atoms with E-state index >= 15 is 0 Å². The van der Waals surface area contributed by atoms with Crippen molar-refractivity contribution in [3.63, 3.8) is 0 Å². The van der Waals surface area contributed by atoms with Gasteiger partial charge in [-0.2, -0.15) is 0 Å². The maximum atomic E-state index is 9.39. The number of likely N-dealkylation sites (N-methyl/N-ethyl adjacent to an activating group) is 1. The van der Waals surface area contributed by atoms with E-state index in [1.54, 1.807) is 12.1 Å². The molecule has 3 heteroatoms. The molecule has 20 heavy (non-hydrogen) atoms. The third kappa shape index (κ3) is 3.33. The summed E-state index contributed by atoms with van der Waals surface area (Å²) < 4.78 is 0. The summed E-state index contributed by atoms with van der Waals surface area (Å²) in [5.74, 6) is 1.17. The zero-order chi connectivity index (χ0) is 14.6. The van der Waals surface area contributed by atoms with Gasteiger partial charge in [-0.1, -0.05) is 26.0 Å². The van der Waals surface area contributed by atoms with Gasteiger partial charge in [-0.15, -0.1) is 0 Å². The summed E-state index contributed by atoms with van der Waals surface area (Å²) in [5, 5.41) is 9.39. The summed E-state index contributed by atoms with van der Waals surface area (Å²) >= 11 is 0. The second-order valence-electron chi connectivity index (χ2n) is 6.29. The molecule has 1 aliphatic rings. The molecule has 1 saturated carbocycles. The van der Waals surface area contributed by atoms with Crippen LogP contribution in [0.1, 0.15) is 45.1 Å². The van der Waals surface area contributed by atoms with Crippen LogP contribution in [-0.4, -0.2) is 28.6 Å². The van der Waals surface area contributed by atoms with Crippen molar-refractivity contribution < 1.29 is 5.11 Å². The number of hydrogen-bond acceptors (Lipinski definition) is 3. The summed E-state index contributed by atoms with van der Waals surface area (Å²) in [6.45, 7) is 7.24. The Balaban J connectivity index is 2.11. The van der Waals surface area contributed by atoms with Crippen LogP contribution in [0.4, 0.5) is 0 Å². The number of aromatic hydroxyl groups is 1. The maximum absolute atomic E-state index is 9.39. The largest absolute Gasteiger partial charge is 0.508 e. The first kappa shape index (κ1) is 15.3. The number of phenolic OH excluding ortho intramolecular Hbond substituents is 1. The highest BCUT2D eigenvalue weighted by atomic mass is 16.3. The molecule has 3 N–H and O–H groups in total. The zero-order valence-corrected chi connectivity index (χ0v) is 12.8. The number of nitrogens with two attached hydrogens (primary N) is 1. The molecule has 3 nitrogen and oxygen atoms in total. The van der Waals surface area contributed by atoms with Crippen molar-refractivity contribution in [2.45, 2.75) is 51.6 Å². The van der Waals surface area contributed by atoms with Crippen LogP contribution in [0.2, 0.25) is 0 Å². The van der Waals surface area contributed by atoms with Gasteiger partial charge in [-0.05, 0) is 55.8 Å². The Morgan fingerprint density at radius 1 is 1.25 bits per heavy atom. The standard InChI is InChI=1S/C17H28N2O/c1-3-19(12-15-4-6-16(20)7-5-15)17(13-18)10-8-14(2)9-11-17/h4-7,14,20H,3,8-13,18H2,1-2H3. The fraction of sp³-hybridized carbons (Fsp3) is 0.647. The molecular weight excluding hydrogens is 248 g/mol. The molecule has 0 saturated heterocycles. The van der Waals surface area contributed by atoms with Crippen LogP contribution < -0.4 is 5.73 Å². The van der Waals surface area contributed by atoms with E-state index in [-0.39, 0.29) is 5.54 Å². The molecule has 2 rings (SSSR count). The number of hydrogen-bond donors (Lipinski definition) is 2. The Morgan fingerprint density at radius 3 is 2.35 bits per heavy atom. The van der Waals surface area contributed by atoms with Gasteiger partial charge in [0, 0.05) is 18.6 Å². The topological polar surface area (TPSA) is 49.5 Å². The molecule has 1 fully saturated rings. The fourth-order valence-corrected chi connectivity index (χ4v) is 3.39. The minimum Gasteiger partial charge on any atom is -0.508 e. The lowest BCUT2D eigenvalue weighted by Gasteiger charge is -2.47. The van der Waals surface area contributed by atoms with Crippen molar-refractivity contribution in [3.8, 4) is 5.75 Å². The number of nitrogens with zero attached hydrogens (tertiary/aromatic N) is 1. The second kappa shape index (κ2) is 6.59. The van der Waals surface area contributed by atoms with Crippen LogP contribution in [0, 0.1) is 5.92 Å². The molecule has 0 radical (unpaired) electrons. The van der Waals surface area contributed by atoms with E-state index < -0.39 is 0 Å². The summed E-state index contributed by atoms with van der Waals surface area (Å²) in [5.41, 5.74) is 7.57.